The van der Waals surface area contributed by atoms with Gasteiger partial charge in [0, 0.05) is 17.1 Å². The Hall–Kier alpha value is -2.49. The molecule has 0 aliphatic carbocycles. The van der Waals surface area contributed by atoms with Gasteiger partial charge >= 0.3 is 0 Å². The zero-order valence-electron chi connectivity index (χ0n) is 17.6. The average Bonchev–Trinajstić information content (AvgIpc) is 2.80. The average molecular weight is 543 g/mol. The molecule has 6 nitrogen and oxygen atoms in total. The second kappa shape index (κ2) is 11.8. The molecule has 0 radical (unpaired) electrons. The number of rotatable bonds is 9. The molecule has 0 atom stereocenters. The zero-order valence-corrected chi connectivity index (χ0v) is 20.7. The number of halogens is 4. The highest BCUT2D eigenvalue weighted by Crippen LogP contribution is 2.28. The number of sulfonamides is 1. The van der Waals surface area contributed by atoms with Crippen molar-refractivity contribution < 1.29 is 17.6 Å². The number of benzene rings is 3. The summed E-state index contributed by atoms with van der Waals surface area (Å²) in [6.45, 7) is -0.564. The van der Waals surface area contributed by atoms with Gasteiger partial charge in [-0.1, -0.05) is 71.2 Å². The van der Waals surface area contributed by atoms with Crippen LogP contribution in [0.25, 0.3) is 0 Å². The molecule has 0 aliphatic heterocycles. The molecule has 3 aromatic rings. The minimum absolute atomic E-state index is 0.00847. The first-order chi connectivity index (χ1) is 16.2. The molecule has 0 bridgehead atoms. The molecular weight excluding hydrogens is 524 g/mol. The summed E-state index contributed by atoms with van der Waals surface area (Å²) in [5.41, 5.74) is 3.08. The molecule has 0 unspecified atom stereocenters. The smallest absolute Gasteiger partial charge is 0.255 e. The number of carbonyl (C=O) groups is 1. The van der Waals surface area contributed by atoms with E-state index in [1.54, 1.807) is 0 Å². The van der Waals surface area contributed by atoms with Gasteiger partial charge in [-0.25, -0.2) is 18.2 Å². The van der Waals surface area contributed by atoms with Crippen molar-refractivity contribution in [2.75, 3.05) is 13.1 Å². The maximum atomic E-state index is 13.9. The van der Waals surface area contributed by atoms with Crippen LogP contribution in [0.1, 0.15) is 11.1 Å². The van der Waals surface area contributed by atoms with Crippen LogP contribution in [0.3, 0.4) is 0 Å². The second-order valence-corrected chi connectivity index (χ2v) is 10.2. The van der Waals surface area contributed by atoms with E-state index < -0.39 is 28.3 Å². The maximum absolute atomic E-state index is 13.9. The number of hydrogen-bond acceptors (Lipinski definition) is 4. The predicted molar refractivity (Wildman–Crippen MR) is 133 cm³/mol. The zero-order chi connectivity index (χ0) is 24.7. The lowest BCUT2D eigenvalue weighted by molar-refractivity contribution is -0.121. The van der Waals surface area contributed by atoms with Gasteiger partial charge in [0.2, 0.25) is 10.0 Å². The van der Waals surface area contributed by atoms with E-state index in [-0.39, 0.29) is 32.1 Å². The van der Waals surface area contributed by atoms with Crippen molar-refractivity contribution in [2.45, 2.75) is 11.3 Å². The van der Waals surface area contributed by atoms with E-state index in [1.807, 2.05) is 30.3 Å². The third-order valence-corrected chi connectivity index (χ3v) is 7.60. The summed E-state index contributed by atoms with van der Waals surface area (Å²) < 4.78 is 41.5. The van der Waals surface area contributed by atoms with Crippen LogP contribution in [-0.2, 0) is 21.2 Å². The first kappa shape index (κ1) is 26.1. The summed E-state index contributed by atoms with van der Waals surface area (Å²) in [5, 5.41) is 3.97. The SMILES string of the molecule is O=C(CN(CCc1ccccc1)S(=O)(=O)c1cc(Cl)ccc1Cl)N/N=C\c1c(F)cccc1Cl. The standard InChI is InChI=1S/C23H19Cl3FN3O3S/c24-17-9-10-20(26)22(13-17)34(32,33)30(12-11-16-5-2-1-3-6-16)15-23(31)29-28-14-18-19(25)7-4-8-21(18)27/h1-10,13-14H,11-12,15H2,(H,29,31)/b28-14-. The lowest BCUT2D eigenvalue weighted by Crippen LogP contribution is -2.40. The van der Waals surface area contributed by atoms with Gasteiger partial charge in [-0.2, -0.15) is 9.41 Å². The number of carbonyl (C=O) groups excluding carboxylic acids is 1. The van der Waals surface area contributed by atoms with Gasteiger partial charge in [0.25, 0.3) is 5.91 Å². The summed E-state index contributed by atoms with van der Waals surface area (Å²) in [4.78, 5) is 12.3. The van der Waals surface area contributed by atoms with E-state index in [0.29, 0.717) is 6.42 Å². The van der Waals surface area contributed by atoms with Crippen molar-refractivity contribution in [1.82, 2.24) is 9.73 Å². The molecule has 11 heteroatoms. The van der Waals surface area contributed by atoms with Crippen molar-refractivity contribution in [3.63, 3.8) is 0 Å². The minimum Gasteiger partial charge on any atom is -0.272 e. The Bertz CT molecular complexity index is 1290. The molecular formula is C23H19Cl3FN3O3S. The Morgan fingerprint density at radius 1 is 1.00 bits per heavy atom. The lowest BCUT2D eigenvalue weighted by atomic mass is 10.1. The summed E-state index contributed by atoms with van der Waals surface area (Å²) >= 11 is 18.0. The normalized spacial score (nSPS) is 11.8. The summed E-state index contributed by atoms with van der Waals surface area (Å²) in [5.74, 6) is -1.35. The van der Waals surface area contributed by atoms with Crippen LogP contribution in [0.5, 0.6) is 0 Å². The van der Waals surface area contributed by atoms with E-state index in [0.717, 1.165) is 16.1 Å². The van der Waals surface area contributed by atoms with Crippen molar-refractivity contribution in [2.24, 2.45) is 5.10 Å². The second-order valence-electron chi connectivity index (χ2n) is 7.08. The van der Waals surface area contributed by atoms with Crippen LogP contribution < -0.4 is 5.43 Å². The molecule has 3 aromatic carbocycles. The first-order valence-corrected chi connectivity index (χ1v) is 12.5. The Labute approximate surface area is 212 Å². The van der Waals surface area contributed by atoms with Gasteiger partial charge in [-0.15, -0.1) is 0 Å². The van der Waals surface area contributed by atoms with Gasteiger partial charge in [0.05, 0.1) is 22.8 Å². The Morgan fingerprint density at radius 3 is 2.44 bits per heavy atom. The fourth-order valence-corrected chi connectivity index (χ4v) is 5.34. The van der Waals surface area contributed by atoms with Crippen molar-refractivity contribution >= 4 is 56.9 Å². The molecule has 34 heavy (non-hydrogen) atoms. The first-order valence-electron chi connectivity index (χ1n) is 9.93. The molecule has 0 fully saturated rings. The van der Waals surface area contributed by atoms with Crippen LogP contribution in [0.4, 0.5) is 4.39 Å². The molecule has 0 spiro atoms. The fourth-order valence-electron chi connectivity index (χ4n) is 3.00. The van der Waals surface area contributed by atoms with Gasteiger partial charge < -0.3 is 0 Å². The van der Waals surface area contributed by atoms with Crippen molar-refractivity contribution in [1.29, 1.82) is 0 Å². The van der Waals surface area contributed by atoms with Crippen LogP contribution >= 0.6 is 34.8 Å². The molecule has 0 heterocycles. The Kier molecular flexibility index (Phi) is 9.04. The van der Waals surface area contributed by atoms with Crippen molar-refractivity contribution in [3.8, 4) is 0 Å². The molecule has 178 valence electrons. The van der Waals surface area contributed by atoms with E-state index in [2.05, 4.69) is 10.5 Å². The van der Waals surface area contributed by atoms with Crippen molar-refractivity contribution in [3.05, 3.63) is 98.7 Å². The van der Waals surface area contributed by atoms with Crippen LogP contribution in [0.2, 0.25) is 15.1 Å². The predicted octanol–water partition coefficient (Wildman–Crippen LogP) is 5.17. The highest BCUT2D eigenvalue weighted by Gasteiger charge is 2.29. The molecule has 0 aliphatic rings. The fraction of sp³-hybridized carbons (Fsp3) is 0.130. The lowest BCUT2D eigenvalue weighted by Gasteiger charge is -2.22. The topological polar surface area (TPSA) is 78.8 Å². The highest BCUT2D eigenvalue weighted by molar-refractivity contribution is 7.89. The maximum Gasteiger partial charge on any atom is 0.255 e. The summed E-state index contributed by atoms with van der Waals surface area (Å²) in [7, 11) is -4.19. The van der Waals surface area contributed by atoms with Gasteiger partial charge in [0.1, 0.15) is 10.7 Å². The van der Waals surface area contributed by atoms with Crippen LogP contribution in [0, 0.1) is 5.82 Å². The van der Waals surface area contributed by atoms with E-state index in [1.165, 1.54) is 36.4 Å². The Morgan fingerprint density at radius 2 is 1.74 bits per heavy atom. The van der Waals surface area contributed by atoms with E-state index in [4.69, 9.17) is 34.8 Å². The number of hydrogen-bond donors (Lipinski definition) is 1. The highest BCUT2D eigenvalue weighted by atomic mass is 35.5. The van der Waals surface area contributed by atoms with Crippen LogP contribution in [0.15, 0.2) is 76.7 Å². The van der Waals surface area contributed by atoms with Gasteiger partial charge in [-0.3, -0.25) is 4.79 Å². The third kappa shape index (κ3) is 6.77. The molecule has 1 N–H and O–H groups in total. The molecule has 1 amide bonds. The molecule has 0 saturated heterocycles. The number of hydrazone groups is 1. The quantitative estimate of drug-likeness (QED) is 0.299. The van der Waals surface area contributed by atoms with Gasteiger partial charge in [0.15, 0.2) is 0 Å². The third-order valence-electron chi connectivity index (χ3n) is 4.71. The van der Waals surface area contributed by atoms with Crippen LogP contribution in [-0.4, -0.2) is 37.9 Å². The van der Waals surface area contributed by atoms with Gasteiger partial charge in [-0.05, 0) is 42.3 Å². The Balaban J connectivity index is 1.81. The van der Waals surface area contributed by atoms with E-state index >= 15 is 0 Å². The summed E-state index contributed by atoms with van der Waals surface area (Å²) in [6, 6.07) is 17.4. The number of nitrogens with zero attached hydrogens (tertiary/aromatic N) is 2. The monoisotopic (exact) mass is 541 g/mol. The van der Waals surface area contributed by atoms with E-state index in [9.17, 15) is 17.6 Å². The largest absolute Gasteiger partial charge is 0.272 e. The minimum atomic E-state index is -4.19. The summed E-state index contributed by atoms with van der Waals surface area (Å²) in [6.07, 6.45) is 1.39. The molecule has 3 rings (SSSR count). The number of amides is 1. The molecule has 0 aromatic heterocycles. The number of nitrogens with one attached hydrogen (secondary N) is 1. The molecule has 0 saturated carbocycles.